The van der Waals surface area contributed by atoms with E-state index in [4.69, 9.17) is 4.74 Å². The first-order chi connectivity index (χ1) is 7.82. The second-order valence-corrected chi connectivity index (χ2v) is 4.61. The molecule has 1 aromatic rings. The predicted octanol–water partition coefficient (Wildman–Crippen LogP) is 3.02. The Morgan fingerprint density at radius 1 is 1.53 bits per heavy atom. The molecule has 1 atom stereocenters. The van der Waals surface area contributed by atoms with Gasteiger partial charge in [0.2, 0.25) is 5.75 Å². The summed E-state index contributed by atoms with van der Waals surface area (Å²) >= 11 is 3.18. The molecule has 0 amide bonds. The van der Waals surface area contributed by atoms with Crippen LogP contribution in [0.15, 0.2) is 16.6 Å². The minimum absolute atomic E-state index is 0.140. The highest BCUT2D eigenvalue weighted by atomic mass is 79.9. The molecule has 0 aliphatic heterocycles. The van der Waals surface area contributed by atoms with Crippen molar-refractivity contribution in [1.29, 1.82) is 0 Å². The average Bonchev–Trinajstić information content (AvgIpc) is 2.20. The highest BCUT2D eigenvalue weighted by Crippen LogP contribution is 2.34. The van der Waals surface area contributed by atoms with Crippen LogP contribution in [-0.4, -0.2) is 16.8 Å². The van der Waals surface area contributed by atoms with Crippen LogP contribution in [0.25, 0.3) is 0 Å². The number of hydrogen-bond acceptors (Lipinski definition) is 4. The summed E-state index contributed by atoms with van der Waals surface area (Å²) in [6, 6.07) is 3.06. The molecule has 0 spiro atoms. The molecule has 17 heavy (non-hydrogen) atoms. The van der Waals surface area contributed by atoms with Gasteiger partial charge in [0.25, 0.3) is 0 Å². The third kappa shape index (κ3) is 3.26. The number of nitro benzene ring substituents is 1. The number of aryl methyl sites for hydroxylation is 1. The molecule has 0 aliphatic carbocycles. The number of ketones is 1. The van der Waals surface area contributed by atoms with Crippen molar-refractivity contribution in [2.45, 2.75) is 26.9 Å². The molecule has 0 heterocycles. The van der Waals surface area contributed by atoms with Gasteiger partial charge in [-0.1, -0.05) is 15.9 Å². The van der Waals surface area contributed by atoms with Crippen molar-refractivity contribution in [3.05, 3.63) is 32.3 Å². The van der Waals surface area contributed by atoms with Crippen LogP contribution in [0.4, 0.5) is 5.69 Å². The molecule has 6 heteroatoms. The van der Waals surface area contributed by atoms with Gasteiger partial charge in [-0.15, -0.1) is 0 Å². The summed E-state index contributed by atoms with van der Waals surface area (Å²) in [5.74, 6) is -0.0393. The third-order valence-electron chi connectivity index (χ3n) is 2.28. The van der Waals surface area contributed by atoms with Gasteiger partial charge in [-0.05, 0) is 32.4 Å². The predicted molar refractivity (Wildman–Crippen MR) is 66.3 cm³/mol. The van der Waals surface area contributed by atoms with Crippen molar-refractivity contribution < 1.29 is 14.5 Å². The number of rotatable bonds is 4. The lowest BCUT2D eigenvalue weighted by Gasteiger charge is -2.14. The Hall–Kier alpha value is -1.43. The number of nitro groups is 1. The molecule has 0 saturated carbocycles. The van der Waals surface area contributed by atoms with Crippen LogP contribution < -0.4 is 4.74 Å². The van der Waals surface area contributed by atoms with E-state index in [1.807, 2.05) is 0 Å². The van der Waals surface area contributed by atoms with E-state index in [9.17, 15) is 14.9 Å². The van der Waals surface area contributed by atoms with E-state index >= 15 is 0 Å². The zero-order valence-corrected chi connectivity index (χ0v) is 11.3. The smallest absolute Gasteiger partial charge is 0.312 e. The summed E-state index contributed by atoms with van der Waals surface area (Å²) in [5.41, 5.74) is 0.462. The summed E-state index contributed by atoms with van der Waals surface area (Å²) < 4.78 is 5.94. The lowest BCUT2D eigenvalue weighted by Crippen LogP contribution is -2.21. The van der Waals surface area contributed by atoms with Gasteiger partial charge in [-0.3, -0.25) is 14.9 Å². The fourth-order valence-corrected chi connectivity index (χ4v) is 1.82. The van der Waals surface area contributed by atoms with Crippen molar-refractivity contribution in [1.82, 2.24) is 0 Å². The maximum atomic E-state index is 11.1. The van der Waals surface area contributed by atoms with Crippen molar-refractivity contribution in [2.75, 3.05) is 0 Å². The fraction of sp³-hybridized carbons (Fsp3) is 0.364. The van der Waals surface area contributed by atoms with Crippen LogP contribution in [-0.2, 0) is 4.79 Å². The Morgan fingerprint density at radius 2 is 2.12 bits per heavy atom. The lowest BCUT2D eigenvalue weighted by atomic mass is 10.2. The molecule has 1 aromatic carbocycles. The van der Waals surface area contributed by atoms with Crippen LogP contribution in [0.3, 0.4) is 0 Å². The standard InChI is InChI=1S/C11H12BrNO4/c1-6-4-9(12)5-10(13(15)16)11(6)17-8(3)7(2)14/h4-5,8H,1-3H3. The minimum Gasteiger partial charge on any atom is -0.476 e. The zero-order valence-electron chi connectivity index (χ0n) is 9.69. The number of halogens is 1. The van der Waals surface area contributed by atoms with E-state index in [2.05, 4.69) is 15.9 Å². The Morgan fingerprint density at radius 3 is 2.59 bits per heavy atom. The number of carbonyl (C=O) groups is 1. The van der Waals surface area contributed by atoms with Crippen LogP contribution >= 0.6 is 15.9 Å². The molecule has 0 aliphatic rings. The topological polar surface area (TPSA) is 69.4 Å². The van der Waals surface area contributed by atoms with E-state index in [-0.39, 0.29) is 17.2 Å². The Kier molecular flexibility index (Phi) is 4.22. The van der Waals surface area contributed by atoms with E-state index in [0.29, 0.717) is 10.0 Å². The molecule has 1 unspecified atom stereocenters. The fourth-order valence-electron chi connectivity index (χ4n) is 1.26. The van der Waals surface area contributed by atoms with Gasteiger partial charge in [-0.2, -0.15) is 0 Å². The van der Waals surface area contributed by atoms with E-state index in [0.717, 1.165) is 0 Å². The largest absolute Gasteiger partial charge is 0.476 e. The Bertz CT molecular complexity index is 473. The molecule has 1 rings (SSSR count). The van der Waals surface area contributed by atoms with Gasteiger partial charge in [0.1, 0.15) is 0 Å². The average molecular weight is 302 g/mol. The monoisotopic (exact) mass is 301 g/mol. The first-order valence-electron chi connectivity index (χ1n) is 4.94. The van der Waals surface area contributed by atoms with Gasteiger partial charge in [0, 0.05) is 10.5 Å². The molecule has 0 saturated heterocycles. The van der Waals surface area contributed by atoms with Crippen LogP contribution in [0.1, 0.15) is 19.4 Å². The van der Waals surface area contributed by atoms with E-state index < -0.39 is 11.0 Å². The SMILES string of the molecule is CC(=O)C(C)Oc1c(C)cc(Br)cc1[N+](=O)[O-]. The first kappa shape index (κ1) is 13.6. The highest BCUT2D eigenvalue weighted by Gasteiger charge is 2.22. The highest BCUT2D eigenvalue weighted by molar-refractivity contribution is 9.10. The molecule has 92 valence electrons. The van der Waals surface area contributed by atoms with Crippen LogP contribution in [0, 0.1) is 17.0 Å². The molecule has 0 radical (unpaired) electrons. The Labute approximate surface area is 107 Å². The molecular weight excluding hydrogens is 290 g/mol. The quantitative estimate of drug-likeness (QED) is 0.633. The number of ether oxygens (including phenoxy) is 1. The van der Waals surface area contributed by atoms with E-state index in [1.165, 1.54) is 13.0 Å². The maximum absolute atomic E-state index is 11.1. The molecule has 0 aromatic heterocycles. The first-order valence-corrected chi connectivity index (χ1v) is 5.74. The summed E-state index contributed by atoms with van der Waals surface area (Å²) in [6.45, 7) is 4.64. The number of nitrogens with zero attached hydrogens (tertiary/aromatic N) is 1. The van der Waals surface area contributed by atoms with Crippen LogP contribution in [0.5, 0.6) is 5.75 Å². The molecule has 0 bridgehead atoms. The summed E-state index contributed by atoms with van der Waals surface area (Å²) in [7, 11) is 0. The minimum atomic E-state index is -0.700. The van der Waals surface area contributed by atoms with Crippen LogP contribution in [0.2, 0.25) is 0 Å². The zero-order chi connectivity index (χ0) is 13.2. The number of benzene rings is 1. The molecule has 0 N–H and O–H groups in total. The van der Waals surface area contributed by atoms with Crippen molar-refractivity contribution in [2.24, 2.45) is 0 Å². The summed E-state index contributed by atoms with van der Waals surface area (Å²) in [4.78, 5) is 21.5. The second kappa shape index (κ2) is 5.27. The lowest BCUT2D eigenvalue weighted by molar-refractivity contribution is -0.386. The molecular formula is C11H12BrNO4. The van der Waals surface area contributed by atoms with Crippen molar-refractivity contribution in [3.63, 3.8) is 0 Å². The van der Waals surface area contributed by atoms with Gasteiger partial charge >= 0.3 is 5.69 Å². The normalized spacial score (nSPS) is 12.0. The van der Waals surface area contributed by atoms with E-state index in [1.54, 1.807) is 19.9 Å². The van der Waals surface area contributed by atoms with Crippen molar-refractivity contribution in [3.8, 4) is 5.75 Å². The maximum Gasteiger partial charge on any atom is 0.312 e. The van der Waals surface area contributed by atoms with Crippen molar-refractivity contribution >= 4 is 27.4 Å². The van der Waals surface area contributed by atoms with Gasteiger partial charge in [-0.25, -0.2) is 0 Å². The third-order valence-corrected chi connectivity index (χ3v) is 2.74. The number of hydrogen-bond donors (Lipinski definition) is 0. The van der Waals surface area contributed by atoms with Gasteiger partial charge in [0.15, 0.2) is 11.9 Å². The molecule has 5 nitrogen and oxygen atoms in total. The Balaban J connectivity index is 3.21. The number of Topliss-reactive ketones (excluding diaryl/α,β-unsaturated/α-hetero) is 1. The summed E-state index contributed by atoms with van der Waals surface area (Å²) in [6.07, 6.45) is -0.700. The van der Waals surface area contributed by atoms with Gasteiger partial charge in [0.05, 0.1) is 4.92 Å². The number of carbonyl (C=O) groups excluding carboxylic acids is 1. The second-order valence-electron chi connectivity index (χ2n) is 3.70. The molecule has 0 fully saturated rings. The summed E-state index contributed by atoms with van der Waals surface area (Å²) in [5, 5.41) is 10.9. The van der Waals surface area contributed by atoms with Gasteiger partial charge < -0.3 is 4.74 Å².